The molecule has 2 aliphatic carbocycles. The predicted octanol–water partition coefficient (Wildman–Crippen LogP) is 14.1. The molecule has 0 saturated carbocycles. The molecule has 2 aromatic heterocycles. The smallest absolute Gasteiger partial charge is 0.160 e. The molecule has 1 spiro atoms. The van der Waals surface area contributed by atoms with E-state index in [0.29, 0.717) is 5.82 Å². The van der Waals surface area contributed by atoms with Crippen molar-refractivity contribution in [2.45, 2.75) is 5.41 Å². The minimum absolute atomic E-state index is 0.491. The van der Waals surface area contributed by atoms with Crippen molar-refractivity contribution in [3.63, 3.8) is 0 Å². The molecule has 0 aliphatic heterocycles. The molecule has 278 valence electrons. The summed E-state index contributed by atoms with van der Waals surface area (Å²) in [4.78, 5) is 10.8. The molecule has 0 atom stereocenters. The normalized spacial score (nSPS) is 13.1. The van der Waals surface area contributed by atoms with Gasteiger partial charge in [-0.2, -0.15) is 0 Å². The van der Waals surface area contributed by atoms with Crippen LogP contribution < -0.4 is 0 Å². The van der Waals surface area contributed by atoms with Gasteiger partial charge in [0.2, 0.25) is 0 Å². The Morgan fingerprint density at radius 2 is 0.883 bits per heavy atom. The highest BCUT2D eigenvalue weighted by molar-refractivity contribution is 6.10. The zero-order valence-electron chi connectivity index (χ0n) is 32.5. The minimum atomic E-state index is -0.491. The number of rotatable bonds is 4. The summed E-state index contributed by atoms with van der Waals surface area (Å²) in [5.74, 6) is 0.703. The topological polar surface area (TPSA) is 30.7 Å². The molecular formula is C57H35N3. The first kappa shape index (κ1) is 33.1. The summed E-state index contributed by atoms with van der Waals surface area (Å²) in [7, 11) is 0. The Morgan fingerprint density at radius 1 is 0.367 bits per heavy atom. The van der Waals surface area contributed by atoms with Crippen LogP contribution in [0.5, 0.6) is 0 Å². The van der Waals surface area contributed by atoms with Gasteiger partial charge < -0.3 is 4.57 Å². The second-order valence-electron chi connectivity index (χ2n) is 16.0. The molecule has 60 heavy (non-hydrogen) atoms. The van der Waals surface area contributed by atoms with Gasteiger partial charge in [-0.15, -0.1) is 0 Å². The van der Waals surface area contributed by atoms with E-state index in [1.54, 1.807) is 0 Å². The second-order valence-corrected chi connectivity index (χ2v) is 16.0. The van der Waals surface area contributed by atoms with Crippen molar-refractivity contribution in [3.05, 3.63) is 235 Å². The van der Waals surface area contributed by atoms with Gasteiger partial charge in [0.25, 0.3) is 0 Å². The summed E-state index contributed by atoms with van der Waals surface area (Å²) in [5.41, 5.74) is 18.3. The van der Waals surface area contributed by atoms with E-state index in [0.717, 1.165) is 33.8 Å². The van der Waals surface area contributed by atoms with E-state index in [9.17, 15) is 0 Å². The van der Waals surface area contributed by atoms with E-state index in [2.05, 4.69) is 211 Å². The maximum atomic E-state index is 5.47. The Kier molecular flexibility index (Phi) is 6.93. The van der Waals surface area contributed by atoms with Crippen molar-refractivity contribution < 1.29 is 0 Å². The average Bonchev–Trinajstić information content (AvgIpc) is 3.94. The maximum Gasteiger partial charge on any atom is 0.160 e. The number of hydrogen-bond acceptors (Lipinski definition) is 2. The van der Waals surface area contributed by atoms with Gasteiger partial charge in [-0.1, -0.05) is 176 Å². The molecule has 9 aromatic carbocycles. The van der Waals surface area contributed by atoms with E-state index in [1.807, 2.05) is 6.07 Å². The highest BCUT2D eigenvalue weighted by Gasteiger charge is 2.53. The van der Waals surface area contributed by atoms with Gasteiger partial charge in [-0.3, -0.25) is 0 Å². The summed E-state index contributed by atoms with van der Waals surface area (Å²) in [6.07, 6.45) is 0. The van der Waals surface area contributed by atoms with Crippen LogP contribution >= 0.6 is 0 Å². The van der Waals surface area contributed by atoms with Crippen molar-refractivity contribution in [1.29, 1.82) is 0 Å². The maximum absolute atomic E-state index is 5.47. The van der Waals surface area contributed by atoms with Crippen LogP contribution in [0.3, 0.4) is 0 Å². The van der Waals surface area contributed by atoms with Gasteiger partial charge in [-0.25, -0.2) is 9.97 Å². The highest BCUT2D eigenvalue weighted by atomic mass is 15.0. The lowest BCUT2D eigenvalue weighted by atomic mass is 9.69. The van der Waals surface area contributed by atoms with Crippen LogP contribution in [0.1, 0.15) is 22.3 Å². The highest BCUT2D eigenvalue weighted by Crippen LogP contribution is 2.65. The van der Waals surface area contributed by atoms with Crippen LogP contribution in [0, 0.1) is 0 Å². The SMILES string of the molecule is c1ccc(-c2nc(-c3ccc(-n4c5ccccc5c5ccccc54)cc3)cc(-c3cc4ccccc4c4c3-c3ccccc3C43c4ccccc4-c4ccccc43)n2)cc1. The molecule has 0 saturated heterocycles. The lowest BCUT2D eigenvalue weighted by Gasteiger charge is -2.31. The number of para-hydroxylation sites is 2. The summed E-state index contributed by atoms with van der Waals surface area (Å²) < 4.78 is 2.36. The lowest BCUT2D eigenvalue weighted by Crippen LogP contribution is -2.26. The monoisotopic (exact) mass is 761 g/mol. The number of hydrogen-bond donors (Lipinski definition) is 0. The third-order valence-corrected chi connectivity index (χ3v) is 13.0. The third-order valence-electron chi connectivity index (χ3n) is 13.0. The Bertz CT molecular complexity index is 3440. The van der Waals surface area contributed by atoms with Crippen molar-refractivity contribution in [1.82, 2.24) is 14.5 Å². The van der Waals surface area contributed by atoms with Crippen LogP contribution in [0.15, 0.2) is 212 Å². The van der Waals surface area contributed by atoms with Crippen molar-refractivity contribution in [3.8, 4) is 61.8 Å². The third kappa shape index (κ3) is 4.49. The van der Waals surface area contributed by atoms with Gasteiger partial charge in [0.05, 0.1) is 27.8 Å². The van der Waals surface area contributed by atoms with E-state index in [4.69, 9.17) is 9.97 Å². The van der Waals surface area contributed by atoms with Gasteiger partial charge >= 0.3 is 0 Å². The lowest BCUT2D eigenvalue weighted by molar-refractivity contribution is 0.801. The molecule has 2 aliphatic rings. The van der Waals surface area contributed by atoms with Gasteiger partial charge in [0.1, 0.15) is 0 Å². The van der Waals surface area contributed by atoms with Crippen LogP contribution in [0.25, 0.3) is 94.4 Å². The Hall–Kier alpha value is -7.88. The molecule has 11 aromatic rings. The summed E-state index contributed by atoms with van der Waals surface area (Å²) in [5, 5.41) is 4.95. The molecule has 0 amide bonds. The molecule has 3 heteroatoms. The van der Waals surface area contributed by atoms with Crippen LogP contribution in [0.4, 0.5) is 0 Å². The fraction of sp³-hybridized carbons (Fsp3) is 0.0175. The summed E-state index contributed by atoms with van der Waals surface area (Å²) in [6, 6.07) is 77.2. The van der Waals surface area contributed by atoms with Gasteiger partial charge in [0.15, 0.2) is 5.82 Å². The zero-order valence-corrected chi connectivity index (χ0v) is 32.5. The molecule has 0 unspecified atom stereocenters. The molecule has 2 heterocycles. The Morgan fingerprint density at radius 3 is 1.55 bits per heavy atom. The molecular weight excluding hydrogens is 727 g/mol. The fourth-order valence-electron chi connectivity index (χ4n) is 10.6. The van der Waals surface area contributed by atoms with Crippen LogP contribution in [0.2, 0.25) is 0 Å². The molecule has 3 nitrogen and oxygen atoms in total. The van der Waals surface area contributed by atoms with E-state index >= 15 is 0 Å². The average molecular weight is 762 g/mol. The number of fused-ring (bicyclic) bond motifs is 15. The molecule has 0 fully saturated rings. The van der Waals surface area contributed by atoms with Crippen molar-refractivity contribution in [2.24, 2.45) is 0 Å². The quantitative estimate of drug-likeness (QED) is 0.179. The first-order chi connectivity index (χ1) is 29.8. The summed E-state index contributed by atoms with van der Waals surface area (Å²) >= 11 is 0. The summed E-state index contributed by atoms with van der Waals surface area (Å²) in [6.45, 7) is 0. The molecule has 13 rings (SSSR count). The first-order valence-electron chi connectivity index (χ1n) is 20.7. The van der Waals surface area contributed by atoms with Crippen molar-refractivity contribution in [2.75, 3.05) is 0 Å². The second kappa shape index (κ2) is 12.6. The van der Waals surface area contributed by atoms with Gasteiger partial charge in [-0.05, 0) is 91.7 Å². The standard InChI is InChI=1S/C57H35N3/c1-2-16-37(17-3-1)56-58-50(36-30-32-39(33-31-36)60-52-28-14-9-22-43(52)44-23-10-15-29-53(44)60)35-51(59-56)46-34-38-18-4-5-19-40(38)55-54(46)45-24-8-13-27-49(45)57(55)47-25-11-6-20-41(47)42-21-7-12-26-48(42)57/h1-35H. The predicted molar refractivity (Wildman–Crippen MR) is 246 cm³/mol. The van der Waals surface area contributed by atoms with Crippen molar-refractivity contribution >= 4 is 32.6 Å². The molecule has 0 radical (unpaired) electrons. The number of aromatic nitrogens is 3. The van der Waals surface area contributed by atoms with Gasteiger partial charge in [0, 0.05) is 33.2 Å². The van der Waals surface area contributed by atoms with Crippen LogP contribution in [-0.4, -0.2) is 14.5 Å². The van der Waals surface area contributed by atoms with Crippen LogP contribution in [-0.2, 0) is 5.41 Å². The Balaban J connectivity index is 1.07. The van der Waals surface area contributed by atoms with E-state index < -0.39 is 5.41 Å². The Labute approximate surface area is 347 Å². The molecule has 0 N–H and O–H groups in total. The number of nitrogens with zero attached hydrogens (tertiary/aromatic N) is 3. The first-order valence-corrected chi connectivity index (χ1v) is 20.7. The molecule has 0 bridgehead atoms. The minimum Gasteiger partial charge on any atom is -0.309 e. The number of benzene rings is 9. The van der Waals surface area contributed by atoms with E-state index in [-0.39, 0.29) is 0 Å². The van der Waals surface area contributed by atoms with E-state index in [1.165, 1.54) is 77.1 Å². The fourth-order valence-corrected chi connectivity index (χ4v) is 10.6. The largest absolute Gasteiger partial charge is 0.309 e. The zero-order chi connectivity index (χ0) is 39.4.